The van der Waals surface area contributed by atoms with E-state index in [-0.39, 0.29) is 6.61 Å². The van der Waals surface area contributed by atoms with Crippen molar-refractivity contribution < 1.29 is 4.74 Å². The first-order valence-corrected chi connectivity index (χ1v) is 2.45. The van der Waals surface area contributed by atoms with Crippen molar-refractivity contribution in [2.24, 2.45) is 0 Å². The summed E-state index contributed by atoms with van der Waals surface area (Å²) in [5, 5.41) is 0. The Bertz CT molecular complexity index is 131. The zero-order valence-corrected chi connectivity index (χ0v) is 4.90. The zero-order chi connectivity index (χ0) is 6.24. The summed E-state index contributed by atoms with van der Waals surface area (Å²) in [5.41, 5.74) is 0. The SMILES string of the molecule is C#CCOC#CCC. The van der Waals surface area contributed by atoms with Crippen LogP contribution in [0.1, 0.15) is 13.3 Å². The molecule has 42 valence electrons. The molecule has 0 aromatic carbocycles. The van der Waals surface area contributed by atoms with Crippen LogP contribution in [0.15, 0.2) is 0 Å². The van der Waals surface area contributed by atoms with Gasteiger partial charge in [-0.2, -0.15) is 0 Å². The van der Waals surface area contributed by atoms with Gasteiger partial charge >= 0.3 is 0 Å². The lowest BCUT2D eigenvalue weighted by atomic mass is 10.5. The van der Waals surface area contributed by atoms with Crippen molar-refractivity contribution in [1.82, 2.24) is 0 Å². The van der Waals surface area contributed by atoms with E-state index in [1.807, 2.05) is 6.92 Å². The van der Waals surface area contributed by atoms with E-state index in [1.165, 1.54) is 0 Å². The number of hydrogen-bond acceptors (Lipinski definition) is 1. The van der Waals surface area contributed by atoms with E-state index >= 15 is 0 Å². The molecule has 0 saturated heterocycles. The largest absolute Gasteiger partial charge is 0.433 e. The Morgan fingerprint density at radius 3 is 2.88 bits per heavy atom. The molecule has 0 saturated carbocycles. The lowest BCUT2D eigenvalue weighted by molar-refractivity contribution is 0.328. The Hall–Kier alpha value is -1.08. The molecule has 0 unspecified atom stereocenters. The molecule has 0 aromatic rings. The Balaban J connectivity index is 3.06. The fourth-order valence-electron chi connectivity index (χ4n) is 0.201. The molecular weight excluding hydrogens is 100 g/mol. The maximum atomic E-state index is 4.87. The van der Waals surface area contributed by atoms with E-state index in [1.54, 1.807) is 0 Å². The van der Waals surface area contributed by atoms with Gasteiger partial charge in [0, 0.05) is 6.42 Å². The molecule has 0 bridgehead atoms. The van der Waals surface area contributed by atoms with Crippen LogP contribution >= 0.6 is 0 Å². The molecular formula is C7H8O. The van der Waals surface area contributed by atoms with Crippen molar-refractivity contribution in [3.05, 3.63) is 0 Å². The van der Waals surface area contributed by atoms with Gasteiger partial charge in [0.2, 0.25) is 0 Å². The predicted octanol–water partition coefficient (Wildman–Crippen LogP) is 1.01. The quantitative estimate of drug-likeness (QED) is 0.360. The van der Waals surface area contributed by atoms with E-state index in [0.717, 1.165) is 6.42 Å². The second-order valence-electron chi connectivity index (χ2n) is 1.13. The van der Waals surface area contributed by atoms with Gasteiger partial charge < -0.3 is 4.74 Å². The van der Waals surface area contributed by atoms with Gasteiger partial charge in [-0.1, -0.05) is 18.8 Å². The van der Waals surface area contributed by atoms with Crippen LogP contribution in [-0.2, 0) is 4.74 Å². The maximum Gasteiger partial charge on any atom is 0.160 e. The molecule has 0 aliphatic carbocycles. The highest BCUT2D eigenvalue weighted by atomic mass is 16.5. The van der Waals surface area contributed by atoms with Crippen molar-refractivity contribution in [1.29, 1.82) is 0 Å². The summed E-state index contributed by atoms with van der Waals surface area (Å²) in [6.07, 6.45) is 8.12. The molecule has 0 aliphatic rings. The first-order valence-electron chi connectivity index (χ1n) is 2.45. The van der Waals surface area contributed by atoms with E-state index in [9.17, 15) is 0 Å². The number of rotatable bonds is 1. The minimum Gasteiger partial charge on any atom is -0.433 e. The molecule has 0 aliphatic heterocycles. The molecule has 0 rings (SSSR count). The summed E-state index contributed by atoms with van der Waals surface area (Å²) < 4.78 is 4.63. The average Bonchev–Trinajstić information content (AvgIpc) is 1.81. The smallest absolute Gasteiger partial charge is 0.160 e. The lowest BCUT2D eigenvalue weighted by Crippen LogP contribution is -1.79. The van der Waals surface area contributed by atoms with Gasteiger partial charge in [0.1, 0.15) is 6.11 Å². The third-order valence-electron chi connectivity index (χ3n) is 0.477. The van der Waals surface area contributed by atoms with Gasteiger partial charge in [-0.15, -0.1) is 6.42 Å². The Kier molecular flexibility index (Phi) is 5.12. The van der Waals surface area contributed by atoms with Crippen molar-refractivity contribution in [3.8, 4) is 24.4 Å². The van der Waals surface area contributed by atoms with Crippen LogP contribution in [0.25, 0.3) is 0 Å². The first kappa shape index (κ1) is 6.92. The maximum absolute atomic E-state index is 4.87. The van der Waals surface area contributed by atoms with Crippen molar-refractivity contribution >= 4 is 0 Å². The molecule has 0 atom stereocenters. The first-order chi connectivity index (χ1) is 3.91. The molecule has 0 fully saturated rings. The van der Waals surface area contributed by atoms with Gasteiger partial charge in [-0.3, -0.25) is 0 Å². The molecule has 8 heavy (non-hydrogen) atoms. The highest BCUT2D eigenvalue weighted by molar-refractivity contribution is 4.92. The fourth-order valence-corrected chi connectivity index (χ4v) is 0.201. The van der Waals surface area contributed by atoms with Crippen LogP contribution in [0.2, 0.25) is 0 Å². The highest BCUT2D eigenvalue weighted by Crippen LogP contribution is 1.69. The Labute approximate surface area is 50.0 Å². The second kappa shape index (κ2) is 5.92. The third-order valence-corrected chi connectivity index (χ3v) is 0.477. The molecule has 1 heteroatoms. The number of terminal acetylenes is 1. The van der Waals surface area contributed by atoms with E-state index in [0.29, 0.717) is 0 Å². The molecule has 0 radical (unpaired) electrons. The lowest BCUT2D eigenvalue weighted by Gasteiger charge is -1.82. The van der Waals surface area contributed by atoms with E-state index in [2.05, 4.69) is 22.7 Å². The average molecular weight is 108 g/mol. The fraction of sp³-hybridized carbons (Fsp3) is 0.429. The summed E-state index contributed by atoms with van der Waals surface area (Å²) in [6, 6.07) is 0. The summed E-state index contributed by atoms with van der Waals surface area (Å²) in [6.45, 7) is 2.24. The van der Waals surface area contributed by atoms with Crippen LogP contribution in [0.4, 0.5) is 0 Å². The number of ether oxygens (including phenoxy) is 1. The topological polar surface area (TPSA) is 9.23 Å². The summed E-state index contributed by atoms with van der Waals surface area (Å²) in [4.78, 5) is 0. The van der Waals surface area contributed by atoms with Crippen molar-refractivity contribution in [2.75, 3.05) is 6.61 Å². The van der Waals surface area contributed by atoms with Crippen LogP contribution in [0.3, 0.4) is 0 Å². The molecule has 1 nitrogen and oxygen atoms in total. The molecule has 0 N–H and O–H groups in total. The Morgan fingerprint density at radius 2 is 2.38 bits per heavy atom. The standard InChI is InChI=1S/C7H8O/c1-3-5-7-8-6-4-2/h2H,3,6H2,1H3. The van der Waals surface area contributed by atoms with Crippen LogP contribution in [-0.4, -0.2) is 6.61 Å². The minimum atomic E-state index is 0.285. The van der Waals surface area contributed by atoms with Crippen molar-refractivity contribution in [3.63, 3.8) is 0 Å². The summed E-state index contributed by atoms with van der Waals surface area (Å²) >= 11 is 0. The Morgan fingerprint density at radius 1 is 1.62 bits per heavy atom. The minimum absolute atomic E-state index is 0.285. The van der Waals surface area contributed by atoms with Gasteiger partial charge in [0.25, 0.3) is 0 Å². The van der Waals surface area contributed by atoms with Crippen molar-refractivity contribution in [2.45, 2.75) is 13.3 Å². The molecule has 0 aromatic heterocycles. The van der Waals surface area contributed by atoms with Gasteiger partial charge in [-0.05, 0) is 0 Å². The summed E-state index contributed by atoms with van der Waals surface area (Å²) in [7, 11) is 0. The van der Waals surface area contributed by atoms with Crippen LogP contribution in [0, 0.1) is 24.4 Å². The van der Waals surface area contributed by atoms with Crippen LogP contribution < -0.4 is 0 Å². The zero-order valence-electron chi connectivity index (χ0n) is 4.90. The molecule has 0 spiro atoms. The van der Waals surface area contributed by atoms with Crippen LogP contribution in [0.5, 0.6) is 0 Å². The normalized spacial score (nSPS) is 6.00. The molecule has 0 amide bonds. The monoisotopic (exact) mass is 108 g/mol. The second-order valence-corrected chi connectivity index (χ2v) is 1.13. The summed E-state index contributed by atoms with van der Waals surface area (Å²) in [5.74, 6) is 5.02. The van der Waals surface area contributed by atoms with Gasteiger partial charge in [-0.25, -0.2) is 0 Å². The van der Waals surface area contributed by atoms with Gasteiger partial charge in [0.15, 0.2) is 6.61 Å². The molecule has 0 heterocycles. The van der Waals surface area contributed by atoms with E-state index in [4.69, 9.17) is 6.42 Å². The number of hydrogen-bond donors (Lipinski definition) is 0. The third kappa shape index (κ3) is 4.92. The predicted molar refractivity (Wildman–Crippen MR) is 32.9 cm³/mol. The highest BCUT2D eigenvalue weighted by Gasteiger charge is 1.66. The van der Waals surface area contributed by atoms with E-state index < -0.39 is 0 Å². The van der Waals surface area contributed by atoms with Gasteiger partial charge in [0.05, 0.1) is 0 Å².